The van der Waals surface area contributed by atoms with E-state index in [0.717, 1.165) is 31.5 Å². The van der Waals surface area contributed by atoms with E-state index in [1.807, 2.05) is 0 Å². The monoisotopic (exact) mass is 286 g/mol. The van der Waals surface area contributed by atoms with Crippen LogP contribution in [0.2, 0.25) is 0 Å². The van der Waals surface area contributed by atoms with Crippen LogP contribution >= 0.6 is 12.4 Å². The normalized spacial score (nSPS) is 17.9. The first-order valence-corrected chi connectivity index (χ1v) is 6.42. The Kier molecular flexibility index (Phi) is 6.25. The maximum atomic E-state index is 12.9. The van der Waals surface area contributed by atoms with E-state index in [1.54, 1.807) is 13.0 Å². The third-order valence-electron chi connectivity index (χ3n) is 3.40. The Labute approximate surface area is 119 Å². The Morgan fingerprint density at radius 2 is 2.32 bits per heavy atom. The summed E-state index contributed by atoms with van der Waals surface area (Å²) in [4.78, 5) is 11.8. The number of aryl methyl sites for hydroxylation is 1. The summed E-state index contributed by atoms with van der Waals surface area (Å²) in [5.41, 5.74) is 1.46. The summed E-state index contributed by atoms with van der Waals surface area (Å²) in [5, 5.41) is 6.12. The van der Waals surface area contributed by atoms with Gasteiger partial charge in [0.15, 0.2) is 0 Å². The van der Waals surface area contributed by atoms with E-state index in [9.17, 15) is 9.18 Å². The predicted octanol–water partition coefficient (Wildman–Crippen LogP) is 2.88. The molecule has 0 saturated carbocycles. The lowest BCUT2D eigenvalue weighted by Crippen LogP contribution is -2.15. The van der Waals surface area contributed by atoms with Crippen molar-refractivity contribution in [2.45, 2.75) is 26.2 Å². The molecule has 1 saturated heterocycles. The van der Waals surface area contributed by atoms with Crippen molar-refractivity contribution < 1.29 is 9.18 Å². The van der Waals surface area contributed by atoms with E-state index in [2.05, 4.69) is 10.6 Å². The molecule has 1 amide bonds. The first-order valence-electron chi connectivity index (χ1n) is 6.42. The Bertz CT molecular complexity index is 433. The van der Waals surface area contributed by atoms with Gasteiger partial charge in [0, 0.05) is 12.1 Å². The lowest BCUT2D eigenvalue weighted by atomic mass is 10.0. The maximum absolute atomic E-state index is 12.9. The number of nitrogens with one attached hydrogen (secondary N) is 2. The Morgan fingerprint density at radius 3 is 2.95 bits per heavy atom. The number of carbonyl (C=O) groups is 1. The number of anilines is 1. The van der Waals surface area contributed by atoms with Gasteiger partial charge in [-0.2, -0.15) is 0 Å². The first-order chi connectivity index (χ1) is 8.65. The second-order valence-corrected chi connectivity index (χ2v) is 4.90. The number of halogens is 2. The van der Waals surface area contributed by atoms with Crippen molar-refractivity contribution in [3.05, 3.63) is 29.6 Å². The topological polar surface area (TPSA) is 41.1 Å². The van der Waals surface area contributed by atoms with Gasteiger partial charge < -0.3 is 10.6 Å². The van der Waals surface area contributed by atoms with Crippen molar-refractivity contribution in [3.8, 4) is 0 Å². The van der Waals surface area contributed by atoms with Crippen LogP contribution in [0.5, 0.6) is 0 Å². The third kappa shape index (κ3) is 4.80. The predicted molar refractivity (Wildman–Crippen MR) is 77.2 cm³/mol. The van der Waals surface area contributed by atoms with Crippen LogP contribution in [-0.4, -0.2) is 19.0 Å². The highest BCUT2D eigenvalue weighted by Gasteiger charge is 2.15. The minimum Gasteiger partial charge on any atom is -0.326 e. The molecule has 3 nitrogen and oxygen atoms in total. The van der Waals surface area contributed by atoms with Gasteiger partial charge in [0.25, 0.3) is 0 Å². The van der Waals surface area contributed by atoms with E-state index < -0.39 is 0 Å². The van der Waals surface area contributed by atoms with Crippen molar-refractivity contribution in [2.75, 3.05) is 18.4 Å². The zero-order valence-corrected chi connectivity index (χ0v) is 11.9. The maximum Gasteiger partial charge on any atom is 0.224 e. The molecule has 19 heavy (non-hydrogen) atoms. The van der Waals surface area contributed by atoms with Gasteiger partial charge in [-0.25, -0.2) is 4.39 Å². The molecule has 1 atom stereocenters. The minimum atomic E-state index is -0.275. The van der Waals surface area contributed by atoms with Gasteiger partial charge in [0.2, 0.25) is 5.91 Å². The molecule has 1 aliphatic heterocycles. The lowest BCUT2D eigenvalue weighted by Gasteiger charge is -2.10. The highest BCUT2D eigenvalue weighted by molar-refractivity contribution is 5.91. The van der Waals surface area contributed by atoms with Crippen LogP contribution in [0.4, 0.5) is 10.1 Å². The second-order valence-electron chi connectivity index (χ2n) is 4.90. The van der Waals surface area contributed by atoms with E-state index in [0.29, 0.717) is 18.0 Å². The molecule has 5 heteroatoms. The van der Waals surface area contributed by atoms with Crippen LogP contribution in [0.3, 0.4) is 0 Å². The van der Waals surface area contributed by atoms with Crippen LogP contribution in [0.25, 0.3) is 0 Å². The Balaban J connectivity index is 0.00000180. The van der Waals surface area contributed by atoms with Crippen LogP contribution in [-0.2, 0) is 4.79 Å². The highest BCUT2D eigenvalue weighted by Crippen LogP contribution is 2.18. The molecule has 0 aromatic heterocycles. The fourth-order valence-electron chi connectivity index (χ4n) is 2.28. The number of benzene rings is 1. The molecule has 106 valence electrons. The SMILES string of the molecule is Cc1cc(F)ccc1NC(=O)CCC1CCNC1.Cl. The molecule has 1 aromatic rings. The molecular formula is C14H20ClFN2O. The summed E-state index contributed by atoms with van der Waals surface area (Å²) >= 11 is 0. The lowest BCUT2D eigenvalue weighted by molar-refractivity contribution is -0.116. The van der Waals surface area contributed by atoms with Gasteiger partial charge in [0.05, 0.1) is 0 Å². The fourth-order valence-corrected chi connectivity index (χ4v) is 2.28. The van der Waals surface area contributed by atoms with Crippen molar-refractivity contribution in [1.29, 1.82) is 0 Å². The molecule has 1 unspecified atom stereocenters. The largest absolute Gasteiger partial charge is 0.326 e. The number of rotatable bonds is 4. The van der Waals surface area contributed by atoms with Crippen LogP contribution in [0.1, 0.15) is 24.8 Å². The smallest absolute Gasteiger partial charge is 0.224 e. The Morgan fingerprint density at radius 1 is 1.53 bits per heavy atom. The summed E-state index contributed by atoms with van der Waals surface area (Å²) in [6.07, 6.45) is 2.60. The molecule has 1 heterocycles. The summed E-state index contributed by atoms with van der Waals surface area (Å²) in [6.45, 7) is 3.87. The molecular weight excluding hydrogens is 267 g/mol. The van der Waals surface area contributed by atoms with Crippen molar-refractivity contribution >= 4 is 24.0 Å². The van der Waals surface area contributed by atoms with E-state index >= 15 is 0 Å². The molecule has 0 aliphatic carbocycles. The Hall–Kier alpha value is -1.13. The van der Waals surface area contributed by atoms with E-state index in [1.165, 1.54) is 12.1 Å². The van der Waals surface area contributed by atoms with Crippen LogP contribution < -0.4 is 10.6 Å². The van der Waals surface area contributed by atoms with Crippen LogP contribution in [0.15, 0.2) is 18.2 Å². The number of carbonyl (C=O) groups excluding carboxylic acids is 1. The van der Waals surface area contributed by atoms with E-state index in [-0.39, 0.29) is 24.1 Å². The minimum absolute atomic E-state index is 0. The summed E-state index contributed by atoms with van der Waals surface area (Å²) < 4.78 is 12.9. The molecule has 2 rings (SSSR count). The first kappa shape index (κ1) is 15.9. The zero-order valence-electron chi connectivity index (χ0n) is 11.0. The quantitative estimate of drug-likeness (QED) is 0.894. The highest BCUT2D eigenvalue weighted by atomic mass is 35.5. The zero-order chi connectivity index (χ0) is 13.0. The third-order valence-corrected chi connectivity index (χ3v) is 3.40. The van der Waals surface area contributed by atoms with Gasteiger partial charge in [0.1, 0.15) is 5.82 Å². The molecule has 1 aliphatic rings. The van der Waals surface area contributed by atoms with Gasteiger partial charge in [-0.05, 0) is 62.5 Å². The summed E-state index contributed by atoms with van der Waals surface area (Å²) in [7, 11) is 0. The van der Waals surface area contributed by atoms with Crippen LogP contribution in [0, 0.1) is 18.7 Å². The summed E-state index contributed by atoms with van der Waals surface area (Å²) in [5.74, 6) is 0.351. The molecule has 1 aromatic carbocycles. The average Bonchev–Trinajstić information content (AvgIpc) is 2.83. The summed E-state index contributed by atoms with van der Waals surface area (Å²) in [6, 6.07) is 4.40. The molecule has 0 radical (unpaired) electrons. The van der Waals surface area contributed by atoms with Gasteiger partial charge in [-0.15, -0.1) is 12.4 Å². The van der Waals surface area contributed by atoms with Gasteiger partial charge in [-0.3, -0.25) is 4.79 Å². The standard InChI is InChI=1S/C14H19FN2O.ClH/c1-10-8-12(15)3-4-13(10)17-14(18)5-2-11-6-7-16-9-11;/h3-4,8,11,16H,2,5-7,9H2,1H3,(H,17,18);1H. The number of hydrogen-bond donors (Lipinski definition) is 2. The number of amides is 1. The number of hydrogen-bond acceptors (Lipinski definition) is 2. The second kappa shape index (κ2) is 7.46. The average molecular weight is 287 g/mol. The molecule has 1 fully saturated rings. The molecule has 0 spiro atoms. The van der Waals surface area contributed by atoms with Gasteiger partial charge in [-0.1, -0.05) is 0 Å². The van der Waals surface area contributed by atoms with Gasteiger partial charge >= 0.3 is 0 Å². The van der Waals surface area contributed by atoms with E-state index in [4.69, 9.17) is 0 Å². The van der Waals surface area contributed by atoms with Crippen molar-refractivity contribution in [3.63, 3.8) is 0 Å². The van der Waals surface area contributed by atoms with Crippen molar-refractivity contribution in [2.24, 2.45) is 5.92 Å². The molecule has 0 bridgehead atoms. The fraction of sp³-hybridized carbons (Fsp3) is 0.500. The molecule has 2 N–H and O–H groups in total. The van der Waals surface area contributed by atoms with Crippen molar-refractivity contribution in [1.82, 2.24) is 5.32 Å².